The van der Waals surface area contributed by atoms with Gasteiger partial charge < -0.3 is 9.63 Å². The Hall–Kier alpha value is -3.59. The molecule has 6 nitrogen and oxygen atoms in total. The Morgan fingerprint density at radius 1 is 1.08 bits per heavy atom. The number of Topliss-reactive ketones (excluding diaryl/α,β-unsaturated/α-hetero) is 1. The van der Waals surface area contributed by atoms with E-state index in [0.29, 0.717) is 23.1 Å². The zero-order chi connectivity index (χ0) is 27.2. The van der Waals surface area contributed by atoms with Gasteiger partial charge in [-0.2, -0.15) is 13.2 Å². The molecule has 194 valence electrons. The van der Waals surface area contributed by atoms with Gasteiger partial charge in [-0.15, -0.1) is 0 Å². The predicted molar refractivity (Wildman–Crippen MR) is 134 cm³/mol. The molecule has 2 aromatic carbocycles. The topological polar surface area (TPSA) is 92.8 Å². The quantitative estimate of drug-likeness (QED) is 0.474. The lowest BCUT2D eigenvalue weighted by molar-refractivity contribution is -0.258. The van der Waals surface area contributed by atoms with Crippen molar-refractivity contribution in [3.8, 4) is 0 Å². The van der Waals surface area contributed by atoms with Crippen molar-refractivity contribution in [2.75, 3.05) is 0 Å². The summed E-state index contributed by atoms with van der Waals surface area (Å²) >= 11 is 0. The largest absolute Gasteiger partial charge is 0.424 e. The number of hydrogen-bond donors (Lipinski definition) is 1. The number of fused-ring (bicyclic) bond motifs is 1. The Morgan fingerprint density at radius 2 is 1.76 bits per heavy atom. The van der Waals surface area contributed by atoms with Gasteiger partial charge in [-0.25, -0.2) is 4.79 Å². The van der Waals surface area contributed by atoms with Crippen LogP contribution in [0.2, 0.25) is 0 Å². The molecule has 0 fully saturated rings. The molecule has 1 aromatic heterocycles. The van der Waals surface area contributed by atoms with Crippen LogP contribution in [0, 0.1) is 6.92 Å². The summed E-state index contributed by atoms with van der Waals surface area (Å²) in [4.78, 5) is 30.2. The molecule has 0 radical (unpaired) electrons. The summed E-state index contributed by atoms with van der Waals surface area (Å²) in [5.41, 5.74) is -5.86. The average molecular weight is 513 g/mol. The maximum Gasteiger partial charge on any atom is 0.424 e. The van der Waals surface area contributed by atoms with Crippen molar-refractivity contribution in [2.24, 2.45) is 4.99 Å². The van der Waals surface area contributed by atoms with E-state index >= 15 is 0 Å². The Balaban J connectivity index is 1.87. The first-order valence-corrected chi connectivity index (χ1v) is 11.8. The fraction of sp³-hybridized carbons (Fsp3) is 0.357. The molecule has 3 aromatic rings. The molecule has 9 heteroatoms. The number of carbonyl (C=O) groups is 1. The summed E-state index contributed by atoms with van der Waals surface area (Å²) in [6.07, 6.45) is -2.02. The molecule has 2 heterocycles. The van der Waals surface area contributed by atoms with Crippen LogP contribution in [-0.2, 0) is 22.2 Å². The highest BCUT2D eigenvalue weighted by molar-refractivity contribution is 6.03. The van der Waals surface area contributed by atoms with Crippen molar-refractivity contribution in [1.29, 1.82) is 0 Å². The van der Waals surface area contributed by atoms with Crippen LogP contribution in [0.1, 0.15) is 49.6 Å². The zero-order valence-corrected chi connectivity index (χ0v) is 20.9. The van der Waals surface area contributed by atoms with Gasteiger partial charge in [-0.1, -0.05) is 61.8 Å². The molecule has 4 rings (SSSR count). The fourth-order valence-electron chi connectivity index (χ4n) is 4.84. The minimum absolute atomic E-state index is 0.0768. The number of aromatic nitrogens is 1. The van der Waals surface area contributed by atoms with Gasteiger partial charge in [0.1, 0.15) is 0 Å². The Bertz CT molecular complexity index is 1460. The van der Waals surface area contributed by atoms with Crippen molar-refractivity contribution in [1.82, 2.24) is 5.16 Å². The summed E-state index contributed by atoms with van der Waals surface area (Å²) in [5, 5.41) is 15.6. The van der Waals surface area contributed by atoms with Crippen molar-refractivity contribution < 1.29 is 27.6 Å². The summed E-state index contributed by atoms with van der Waals surface area (Å²) in [6.45, 7) is 6.74. The molecular formula is C28H27F3N2O4. The highest BCUT2D eigenvalue weighted by atomic mass is 19.4. The summed E-state index contributed by atoms with van der Waals surface area (Å²) in [7, 11) is 0. The Morgan fingerprint density at radius 3 is 2.32 bits per heavy atom. The number of carbonyl (C=O) groups excluding carboxylic acids is 1. The number of aryl methyl sites for hydroxylation is 2. The van der Waals surface area contributed by atoms with Gasteiger partial charge in [0.15, 0.2) is 5.54 Å². The van der Waals surface area contributed by atoms with E-state index in [-0.39, 0.29) is 10.9 Å². The van der Waals surface area contributed by atoms with Crippen LogP contribution in [0.5, 0.6) is 0 Å². The molecule has 0 saturated carbocycles. The van der Waals surface area contributed by atoms with E-state index in [1.165, 1.54) is 36.6 Å². The van der Waals surface area contributed by atoms with Crippen molar-refractivity contribution in [3.63, 3.8) is 0 Å². The maximum atomic E-state index is 14.6. The number of aliphatic imine (C=N–C) groups is 1. The number of rotatable bonds is 7. The van der Waals surface area contributed by atoms with Gasteiger partial charge in [-0.3, -0.25) is 9.79 Å². The standard InChI is InChI=1S/C28H27F3N2O4/c1-5-22-21-15-19(11-12-20(21)23(34)37-33-22)26(13-6-14-32-26)24(35)27(36,28(29,30)31)16-25(3,4)18-9-7-17(2)8-10-18/h6-15,36H,5,16H2,1-4H3. The molecule has 0 saturated heterocycles. The molecule has 0 bridgehead atoms. The minimum Gasteiger partial charge on any atom is -0.374 e. The highest BCUT2D eigenvalue weighted by Crippen LogP contribution is 2.47. The monoisotopic (exact) mass is 512 g/mol. The molecule has 1 aliphatic rings. The smallest absolute Gasteiger partial charge is 0.374 e. The molecule has 37 heavy (non-hydrogen) atoms. The third-order valence-corrected chi connectivity index (χ3v) is 6.99. The van der Waals surface area contributed by atoms with Crippen LogP contribution >= 0.6 is 0 Å². The number of alkyl halides is 3. The lowest BCUT2D eigenvalue weighted by Crippen LogP contribution is -2.60. The first-order valence-electron chi connectivity index (χ1n) is 11.8. The lowest BCUT2D eigenvalue weighted by Gasteiger charge is -2.40. The van der Waals surface area contributed by atoms with Gasteiger partial charge in [0.05, 0.1) is 11.1 Å². The number of benzene rings is 2. The maximum absolute atomic E-state index is 14.6. The van der Waals surface area contributed by atoms with E-state index in [9.17, 15) is 27.9 Å². The second-order valence-corrected chi connectivity index (χ2v) is 10.0. The number of ketones is 1. The van der Waals surface area contributed by atoms with Crippen LogP contribution in [0.3, 0.4) is 0 Å². The summed E-state index contributed by atoms with van der Waals surface area (Å²) < 4.78 is 48.7. The van der Waals surface area contributed by atoms with Crippen LogP contribution < -0.4 is 5.63 Å². The highest BCUT2D eigenvalue weighted by Gasteiger charge is 2.65. The first-order chi connectivity index (χ1) is 17.2. The van der Waals surface area contributed by atoms with Gasteiger partial charge in [0.2, 0.25) is 11.4 Å². The zero-order valence-electron chi connectivity index (χ0n) is 20.9. The minimum atomic E-state index is -5.29. The molecule has 1 aliphatic heterocycles. The van der Waals surface area contributed by atoms with Gasteiger partial charge >= 0.3 is 11.8 Å². The van der Waals surface area contributed by atoms with Crippen LogP contribution in [0.25, 0.3) is 10.8 Å². The van der Waals surface area contributed by atoms with E-state index in [0.717, 1.165) is 5.56 Å². The molecule has 1 N–H and O–H groups in total. The number of aliphatic hydroxyl groups is 1. The summed E-state index contributed by atoms with van der Waals surface area (Å²) in [5.74, 6) is -1.52. The fourth-order valence-corrected chi connectivity index (χ4v) is 4.84. The molecule has 2 atom stereocenters. The van der Waals surface area contributed by atoms with Gasteiger partial charge in [0, 0.05) is 18.0 Å². The Kier molecular flexibility index (Phi) is 6.48. The number of nitrogens with zero attached hydrogens (tertiary/aromatic N) is 2. The second kappa shape index (κ2) is 9.06. The predicted octanol–water partition coefficient (Wildman–Crippen LogP) is 5.13. The Labute approximate surface area is 211 Å². The summed E-state index contributed by atoms with van der Waals surface area (Å²) in [6, 6.07) is 11.1. The van der Waals surface area contributed by atoms with E-state index in [2.05, 4.69) is 10.1 Å². The van der Waals surface area contributed by atoms with E-state index in [1.807, 2.05) is 6.92 Å². The van der Waals surface area contributed by atoms with E-state index in [1.54, 1.807) is 45.0 Å². The van der Waals surface area contributed by atoms with Crippen molar-refractivity contribution in [2.45, 2.75) is 63.3 Å². The van der Waals surface area contributed by atoms with E-state index < -0.39 is 40.6 Å². The average Bonchev–Trinajstić information content (AvgIpc) is 3.34. The normalized spacial score (nSPS) is 19.4. The number of hydrogen-bond acceptors (Lipinski definition) is 6. The molecule has 0 spiro atoms. The lowest BCUT2D eigenvalue weighted by atomic mass is 9.69. The number of halogens is 3. The second-order valence-electron chi connectivity index (χ2n) is 10.0. The molecule has 2 unspecified atom stereocenters. The SMILES string of the molecule is CCc1noc(=O)c2ccc(C3(C(=O)C(O)(CC(C)(C)c4ccc(C)cc4)C(F)(F)F)C=CC=N3)cc12. The van der Waals surface area contributed by atoms with Gasteiger partial charge in [-0.05, 0) is 54.2 Å². The van der Waals surface area contributed by atoms with Crippen molar-refractivity contribution in [3.05, 3.63) is 87.4 Å². The van der Waals surface area contributed by atoms with Crippen LogP contribution in [0.15, 0.2) is 68.9 Å². The third kappa shape index (κ3) is 4.41. The van der Waals surface area contributed by atoms with Crippen LogP contribution in [0.4, 0.5) is 13.2 Å². The van der Waals surface area contributed by atoms with Crippen molar-refractivity contribution >= 4 is 22.8 Å². The van der Waals surface area contributed by atoms with Gasteiger partial charge in [0.25, 0.3) is 0 Å². The number of allylic oxidation sites excluding steroid dienone is 1. The molecular weight excluding hydrogens is 485 g/mol. The van der Waals surface area contributed by atoms with Crippen LogP contribution in [-0.4, -0.2) is 34.0 Å². The van der Waals surface area contributed by atoms with E-state index in [4.69, 9.17) is 4.52 Å². The molecule has 0 aliphatic carbocycles. The first kappa shape index (κ1) is 26.5. The molecule has 0 amide bonds. The third-order valence-electron chi connectivity index (χ3n) is 6.99.